The van der Waals surface area contributed by atoms with E-state index in [9.17, 15) is 13.2 Å². The van der Waals surface area contributed by atoms with Gasteiger partial charge in [-0.3, -0.25) is 4.79 Å². The molecule has 0 amide bonds. The number of Topliss-reactive ketones (excluding diaryl/α,β-unsaturated/α-hetero) is 1. The van der Waals surface area contributed by atoms with Crippen molar-refractivity contribution in [1.82, 2.24) is 4.31 Å². The largest absolute Gasteiger partial charge is 0.467 e. The van der Waals surface area contributed by atoms with Gasteiger partial charge < -0.3 is 9.73 Å². The van der Waals surface area contributed by atoms with Crippen molar-refractivity contribution in [1.29, 1.82) is 0 Å². The van der Waals surface area contributed by atoms with Crippen molar-refractivity contribution < 1.29 is 17.6 Å². The minimum atomic E-state index is -3.88. The Morgan fingerprint density at radius 3 is 2.20 bits per heavy atom. The highest BCUT2D eigenvalue weighted by Gasteiger charge is 2.33. The molecule has 168 valence electrons. The first-order chi connectivity index (χ1) is 13.5. The molecule has 0 atom stereocenters. The van der Waals surface area contributed by atoms with E-state index >= 15 is 0 Å². The summed E-state index contributed by atoms with van der Waals surface area (Å²) >= 11 is 6.40. The van der Waals surface area contributed by atoms with Gasteiger partial charge in [-0.15, -0.1) is 0 Å². The molecule has 0 aliphatic heterocycles. The number of furan rings is 1. The molecule has 8 heteroatoms. The predicted octanol–water partition coefficient (Wildman–Crippen LogP) is 5.83. The lowest BCUT2D eigenvalue weighted by Gasteiger charge is -2.30. The van der Waals surface area contributed by atoms with Gasteiger partial charge in [0, 0.05) is 29.3 Å². The molecule has 0 saturated heterocycles. The molecule has 0 aliphatic carbocycles. The zero-order valence-corrected chi connectivity index (χ0v) is 19.3. The smallest absolute Gasteiger partial charge is 0.245 e. The standard InChI is InChI=1S/C21H29ClN2O4S.CH4/c1-13(2)21(25)17-10-20(29(26,27)24(14(3)4)15(5)6)18(22)11-19(17)23-12-16-8-7-9-28-16;/h7-11,13-15,23H,12H2,1-6H3;1H4. The summed E-state index contributed by atoms with van der Waals surface area (Å²) in [5.74, 6) is 0.217. The number of hydrogen-bond donors (Lipinski definition) is 1. The Morgan fingerprint density at radius 1 is 1.13 bits per heavy atom. The summed E-state index contributed by atoms with van der Waals surface area (Å²) in [5.41, 5.74) is 0.770. The third-order valence-corrected chi connectivity index (χ3v) is 7.19. The topological polar surface area (TPSA) is 79.6 Å². The Morgan fingerprint density at radius 2 is 1.73 bits per heavy atom. The van der Waals surface area contributed by atoms with Crippen LogP contribution in [-0.4, -0.2) is 30.6 Å². The maximum atomic E-state index is 13.3. The second-order valence-electron chi connectivity index (χ2n) is 7.80. The van der Waals surface area contributed by atoms with Crippen molar-refractivity contribution in [3.8, 4) is 0 Å². The molecule has 30 heavy (non-hydrogen) atoms. The molecule has 0 radical (unpaired) electrons. The van der Waals surface area contributed by atoms with Crippen LogP contribution in [0.1, 0.15) is 65.1 Å². The monoisotopic (exact) mass is 456 g/mol. The van der Waals surface area contributed by atoms with Crippen LogP contribution in [0.3, 0.4) is 0 Å². The van der Waals surface area contributed by atoms with Crippen LogP contribution < -0.4 is 5.32 Å². The van der Waals surface area contributed by atoms with Gasteiger partial charge in [-0.2, -0.15) is 4.31 Å². The summed E-state index contributed by atoms with van der Waals surface area (Å²) in [7, 11) is -3.88. The van der Waals surface area contributed by atoms with Crippen molar-refractivity contribution in [2.24, 2.45) is 5.92 Å². The van der Waals surface area contributed by atoms with E-state index in [0.717, 1.165) is 0 Å². The fraction of sp³-hybridized carbons (Fsp3) is 0.500. The van der Waals surface area contributed by atoms with E-state index in [1.54, 1.807) is 32.2 Å². The Labute approximate surface area is 185 Å². The Balaban J connectivity index is 0.00000450. The molecule has 0 saturated carbocycles. The molecule has 2 aromatic rings. The lowest BCUT2D eigenvalue weighted by molar-refractivity contribution is 0.0940. The molecule has 0 fully saturated rings. The molecule has 0 bridgehead atoms. The van der Waals surface area contributed by atoms with Crippen LogP contribution in [0.2, 0.25) is 5.02 Å². The lowest BCUT2D eigenvalue weighted by atomic mass is 9.99. The van der Waals surface area contributed by atoms with Gasteiger partial charge in [0.1, 0.15) is 10.7 Å². The molecule has 0 aliphatic rings. The quantitative estimate of drug-likeness (QED) is 0.480. The molecule has 2 rings (SSSR count). The van der Waals surface area contributed by atoms with Gasteiger partial charge >= 0.3 is 0 Å². The summed E-state index contributed by atoms with van der Waals surface area (Å²) in [5, 5.41) is 3.21. The van der Waals surface area contributed by atoms with Crippen molar-refractivity contribution in [2.75, 3.05) is 5.32 Å². The second-order valence-corrected chi connectivity index (χ2v) is 10.0. The number of carbonyl (C=O) groups is 1. The lowest BCUT2D eigenvalue weighted by Crippen LogP contribution is -2.42. The molecule has 1 aromatic heterocycles. The van der Waals surface area contributed by atoms with Crippen LogP contribution in [0.15, 0.2) is 39.8 Å². The molecule has 1 N–H and O–H groups in total. The SMILES string of the molecule is C.CC(C)C(=O)c1cc(S(=O)(=O)N(C(C)C)C(C)C)c(Cl)cc1NCc1ccco1. The van der Waals surface area contributed by atoms with E-state index < -0.39 is 10.0 Å². The first-order valence-corrected chi connectivity index (χ1v) is 11.5. The van der Waals surface area contributed by atoms with E-state index in [1.807, 2.05) is 27.7 Å². The van der Waals surface area contributed by atoms with Crippen molar-refractivity contribution in [3.05, 3.63) is 46.9 Å². The van der Waals surface area contributed by atoms with Crippen molar-refractivity contribution in [2.45, 2.75) is 72.5 Å². The number of benzene rings is 1. The third kappa shape index (κ3) is 5.65. The average Bonchev–Trinajstić information content (AvgIpc) is 3.11. The Bertz CT molecular complexity index is 944. The number of anilines is 1. The number of rotatable bonds is 9. The maximum Gasteiger partial charge on any atom is 0.245 e. The highest BCUT2D eigenvalue weighted by Crippen LogP contribution is 2.33. The normalized spacial score (nSPS) is 12.0. The highest BCUT2D eigenvalue weighted by molar-refractivity contribution is 7.89. The number of carbonyl (C=O) groups excluding carboxylic acids is 1. The zero-order valence-electron chi connectivity index (χ0n) is 17.7. The van der Waals surface area contributed by atoms with Crippen molar-refractivity contribution >= 4 is 33.1 Å². The molecule has 1 heterocycles. The predicted molar refractivity (Wildman–Crippen MR) is 123 cm³/mol. The van der Waals surface area contributed by atoms with Gasteiger partial charge in [0.2, 0.25) is 10.0 Å². The van der Waals surface area contributed by atoms with Crippen LogP contribution in [0.4, 0.5) is 5.69 Å². The number of halogens is 1. The van der Waals surface area contributed by atoms with Crippen LogP contribution >= 0.6 is 11.6 Å². The van der Waals surface area contributed by atoms with Gasteiger partial charge in [-0.05, 0) is 52.0 Å². The van der Waals surface area contributed by atoms with Crippen LogP contribution in [-0.2, 0) is 16.6 Å². The van der Waals surface area contributed by atoms with Crippen LogP contribution in [0, 0.1) is 5.92 Å². The Kier molecular flexibility index (Phi) is 9.14. The highest BCUT2D eigenvalue weighted by atomic mass is 35.5. The average molecular weight is 457 g/mol. The summed E-state index contributed by atoms with van der Waals surface area (Å²) in [6, 6.07) is 5.97. The molecule has 6 nitrogen and oxygen atoms in total. The fourth-order valence-electron chi connectivity index (χ4n) is 3.27. The summed E-state index contributed by atoms with van der Waals surface area (Å²) in [6.07, 6.45) is 1.56. The summed E-state index contributed by atoms with van der Waals surface area (Å²) in [4.78, 5) is 12.8. The first-order valence-electron chi connectivity index (χ1n) is 9.64. The number of nitrogens with one attached hydrogen (secondary N) is 1. The summed E-state index contributed by atoms with van der Waals surface area (Å²) < 4.78 is 33.4. The third-order valence-electron chi connectivity index (χ3n) is 4.47. The molecular formula is C22H33ClN2O4S. The first kappa shape index (κ1) is 26.2. The zero-order chi connectivity index (χ0) is 21.9. The van der Waals surface area contributed by atoms with Crippen molar-refractivity contribution in [3.63, 3.8) is 0 Å². The molecule has 0 unspecified atom stereocenters. The minimum Gasteiger partial charge on any atom is -0.467 e. The number of nitrogens with zero attached hydrogens (tertiary/aromatic N) is 1. The van der Waals surface area contributed by atoms with Gasteiger partial charge in [0.05, 0.1) is 17.8 Å². The van der Waals surface area contributed by atoms with E-state index in [-0.39, 0.29) is 41.1 Å². The maximum absolute atomic E-state index is 13.3. The van der Waals surface area contributed by atoms with E-state index in [4.69, 9.17) is 16.0 Å². The number of hydrogen-bond acceptors (Lipinski definition) is 5. The van der Waals surface area contributed by atoms with E-state index in [1.165, 1.54) is 16.4 Å². The van der Waals surface area contributed by atoms with E-state index in [2.05, 4.69) is 5.32 Å². The van der Waals surface area contributed by atoms with E-state index in [0.29, 0.717) is 23.6 Å². The number of sulfonamides is 1. The molecule has 1 aromatic carbocycles. The fourth-order valence-corrected chi connectivity index (χ4v) is 5.64. The van der Waals surface area contributed by atoms with Gasteiger partial charge in [0.25, 0.3) is 0 Å². The Hall–Kier alpha value is -1.83. The molecular weight excluding hydrogens is 424 g/mol. The van der Waals surface area contributed by atoms with Gasteiger partial charge in [0.15, 0.2) is 5.78 Å². The van der Waals surface area contributed by atoms with Crippen LogP contribution in [0.5, 0.6) is 0 Å². The number of ketones is 1. The molecule has 0 spiro atoms. The van der Waals surface area contributed by atoms with Gasteiger partial charge in [-0.25, -0.2) is 8.42 Å². The second kappa shape index (κ2) is 10.5. The minimum absolute atomic E-state index is 0. The van der Waals surface area contributed by atoms with Crippen LogP contribution in [0.25, 0.3) is 0 Å². The summed E-state index contributed by atoms with van der Waals surface area (Å²) in [6.45, 7) is 11.1. The van der Waals surface area contributed by atoms with Gasteiger partial charge in [-0.1, -0.05) is 32.9 Å².